The molecule has 0 saturated heterocycles. The molecule has 0 heterocycles. The van der Waals surface area contributed by atoms with Gasteiger partial charge in [-0.05, 0) is 6.07 Å². The molecular formula is C11H6F6O. The fourth-order valence-corrected chi connectivity index (χ4v) is 1.42. The van der Waals surface area contributed by atoms with Crippen molar-refractivity contribution in [3.05, 3.63) is 47.2 Å². The van der Waals surface area contributed by atoms with E-state index in [0.29, 0.717) is 0 Å². The zero-order valence-corrected chi connectivity index (χ0v) is 8.69. The molecule has 1 aliphatic rings. The summed E-state index contributed by atoms with van der Waals surface area (Å²) in [5, 5.41) is 0. The fourth-order valence-electron chi connectivity index (χ4n) is 1.42. The van der Waals surface area contributed by atoms with Crippen LogP contribution in [-0.4, -0.2) is 11.8 Å². The molecule has 0 bridgehead atoms. The van der Waals surface area contributed by atoms with Crippen molar-refractivity contribution in [1.82, 2.24) is 0 Å². The van der Waals surface area contributed by atoms with Gasteiger partial charge in [-0.2, -0.15) is 17.6 Å². The Bertz CT molecular complexity index is 508. The fraction of sp³-hybridized carbons (Fsp3) is 0.273. The first-order valence-corrected chi connectivity index (χ1v) is 4.81. The molecule has 0 fully saturated rings. The summed E-state index contributed by atoms with van der Waals surface area (Å²) in [5.41, 5.74) is -0.135. The Kier molecular flexibility index (Phi) is 2.79. The van der Waals surface area contributed by atoms with Gasteiger partial charge in [0.15, 0.2) is 0 Å². The smallest absolute Gasteiger partial charge is 0.375 e. The molecule has 0 saturated carbocycles. The van der Waals surface area contributed by atoms with Gasteiger partial charge in [0.2, 0.25) is 11.6 Å². The van der Waals surface area contributed by atoms with Crippen molar-refractivity contribution in [3.8, 4) is 0 Å². The first-order chi connectivity index (χ1) is 8.28. The lowest BCUT2D eigenvalue weighted by Gasteiger charge is -2.35. The van der Waals surface area contributed by atoms with Gasteiger partial charge in [0.25, 0.3) is 0 Å². The Labute approximate surface area is 97.7 Å². The van der Waals surface area contributed by atoms with Crippen LogP contribution in [0.1, 0.15) is 5.56 Å². The third-order valence-corrected chi connectivity index (χ3v) is 2.48. The predicted molar refractivity (Wildman–Crippen MR) is 49.2 cm³/mol. The highest BCUT2D eigenvalue weighted by Gasteiger charge is 2.74. The molecule has 0 N–H and O–H groups in total. The van der Waals surface area contributed by atoms with Gasteiger partial charge in [-0.25, -0.2) is 8.78 Å². The topological polar surface area (TPSA) is 9.23 Å². The van der Waals surface area contributed by atoms with Crippen LogP contribution in [-0.2, 0) is 11.3 Å². The summed E-state index contributed by atoms with van der Waals surface area (Å²) in [5.74, 6) is -14.4. The largest absolute Gasteiger partial charge is 0.484 e. The monoisotopic (exact) mass is 268 g/mol. The van der Waals surface area contributed by atoms with E-state index in [0.717, 1.165) is 6.07 Å². The van der Waals surface area contributed by atoms with Crippen LogP contribution in [0.15, 0.2) is 35.9 Å². The number of allylic oxidation sites excluding steroid dienone is 2. The molecule has 2 rings (SSSR count). The normalized spacial score (nSPS) is 20.6. The number of benzene rings is 1. The van der Waals surface area contributed by atoms with Crippen LogP contribution in [0.2, 0.25) is 0 Å². The third kappa shape index (κ3) is 1.65. The maximum absolute atomic E-state index is 13.1. The number of alkyl halides is 4. The zero-order valence-electron chi connectivity index (χ0n) is 8.69. The molecular weight excluding hydrogens is 262 g/mol. The van der Waals surface area contributed by atoms with Crippen LogP contribution in [0.25, 0.3) is 0 Å². The second kappa shape index (κ2) is 3.93. The Morgan fingerprint density at radius 1 is 0.944 bits per heavy atom. The predicted octanol–water partition coefficient (Wildman–Crippen LogP) is 3.81. The number of halogens is 6. The van der Waals surface area contributed by atoms with E-state index >= 15 is 0 Å². The second-order valence-electron chi connectivity index (χ2n) is 3.67. The van der Waals surface area contributed by atoms with Gasteiger partial charge < -0.3 is 4.74 Å². The molecule has 0 aliphatic heterocycles. The Balaban J connectivity index is 2.14. The summed E-state index contributed by atoms with van der Waals surface area (Å²) in [4.78, 5) is 0. The molecule has 1 aromatic carbocycles. The van der Waals surface area contributed by atoms with Gasteiger partial charge in [-0.15, -0.1) is 0 Å². The van der Waals surface area contributed by atoms with Crippen LogP contribution < -0.4 is 0 Å². The molecule has 0 spiro atoms. The first-order valence-electron chi connectivity index (χ1n) is 4.81. The first kappa shape index (κ1) is 12.8. The Morgan fingerprint density at radius 2 is 1.56 bits per heavy atom. The van der Waals surface area contributed by atoms with Gasteiger partial charge in [-0.1, -0.05) is 18.2 Å². The third-order valence-electron chi connectivity index (χ3n) is 2.48. The van der Waals surface area contributed by atoms with Gasteiger partial charge >= 0.3 is 11.8 Å². The van der Waals surface area contributed by atoms with E-state index in [9.17, 15) is 26.3 Å². The van der Waals surface area contributed by atoms with E-state index < -0.39 is 35.9 Å². The van der Waals surface area contributed by atoms with Crippen molar-refractivity contribution in [3.63, 3.8) is 0 Å². The molecule has 1 aromatic rings. The van der Waals surface area contributed by atoms with Crippen LogP contribution in [0.3, 0.4) is 0 Å². The number of ether oxygens (including phenoxy) is 1. The van der Waals surface area contributed by atoms with E-state index in [1.807, 2.05) is 0 Å². The number of hydrogen-bond acceptors (Lipinski definition) is 1. The molecule has 0 radical (unpaired) electrons. The minimum Gasteiger partial charge on any atom is -0.484 e. The van der Waals surface area contributed by atoms with Gasteiger partial charge in [0.1, 0.15) is 12.4 Å². The van der Waals surface area contributed by atoms with E-state index in [4.69, 9.17) is 0 Å². The standard InChI is InChI=1S/C11H6F6O/c12-7-4-2-1-3-6(7)5-18-9-8(13)10(14,15)11(9,16)17/h1-4H,5H2. The summed E-state index contributed by atoms with van der Waals surface area (Å²) in [7, 11) is 0. The summed E-state index contributed by atoms with van der Waals surface area (Å²) >= 11 is 0. The van der Waals surface area contributed by atoms with Crippen molar-refractivity contribution in [2.45, 2.75) is 18.5 Å². The lowest BCUT2D eigenvalue weighted by molar-refractivity contribution is -0.233. The SMILES string of the molecule is FC1=C(OCc2ccccc2F)C(F)(F)C1(F)F. The summed E-state index contributed by atoms with van der Waals surface area (Å²) in [6.07, 6.45) is 0. The molecule has 0 amide bonds. The average Bonchev–Trinajstić information content (AvgIpc) is 2.30. The molecule has 1 nitrogen and oxygen atoms in total. The Morgan fingerprint density at radius 3 is 2.11 bits per heavy atom. The molecule has 7 heteroatoms. The maximum Gasteiger partial charge on any atom is 0.375 e. The van der Waals surface area contributed by atoms with Crippen LogP contribution in [0, 0.1) is 5.82 Å². The van der Waals surface area contributed by atoms with E-state index in [1.54, 1.807) is 0 Å². The highest BCUT2D eigenvalue weighted by atomic mass is 19.3. The van der Waals surface area contributed by atoms with Crippen molar-refractivity contribution in [1.29, 1.82) is 0 Å². The molecule has 98 valence electrons. The average molecular weight is 268 g/mol. The van der Waals surface area contributed by atoms with Crippen molar-refractivity contribution >= 4 is 0 Å². The Hall–Kier alpha value is -1.66. The number of hydrogen-bond donors (Lipinski definition) is 0. The van der Waals surface area contributed by atoms with Gasteiger partial charge in [0.05, 0.1) is 0 Å². The van der Waals surface area contributed by atoms with E-state index in [-0.39, 0.29) is 5.56 Å². The lowest BCUT2D eigenvalue weighted by atomic mass is 9.96. The van der Waals surface area contributed by atoms with Crippen molar-refractivity contribution in [2.24, 2.45) is 0 Å². The zero-order chi connectivity index (χ0) is 13.6. The van der Waals surface area contributed by atoms with Crippen LogP contribution >= 0.6 is 0 Å². The second-order valence-corrected chi connectivity index (χ2v) is 3.67. The minimum absolute atomic E-state index is 0.135. The molecule has 0 atom stereocenters. The highest BCUT2D eigenvalue weighted by molar-refractivity contribution is 5.35. The number of rotatable bonds is 3. The molecule has 0 unspecified atom stereocenters. The molecule has 1 aliphatic carbocycles. The maximum atomic E-state index is 13.1. The van der Waals surface area contributed by atoms with Crippen LogP contribution in [0.5, 0.6) is 0 Å². The minimum atomic E-state index is -4.85. The summed E-state index contributed by atoms with van der Waals surface area (Å²) < 4.78 is 80.4. The van der Waals surface area contributed by atoms with Crippen LogP contribution in [0.4, 0.5) is 26.3 Å². The summed E-state index contributed by atoms with van der Waals surface area (Å²) in [6, 6.07) is 5.00. The molecule has 18 heavy (non-hydrogen) atoms. The van der Waals surface area contributed by atoms with Gasteiger partial charge in [0, 0.05) is 5.56 Å². The van der Waals surface area contributed by atoms with E-state index in [2.05, 4.69) is 4.74 Å². The van der Waals surface area contributed by atoms with Crippen molar-refractivity contribution in [2.75, 3.05) is 0 Å². The highest BCUT2D eigenvalue weighted by Crippen LogP contribution is 2.56. The lowest BCUT2D eigenvalue weighted by Crippen LogP contribution is -2.53. The van der Waals surface area contributed by atoms with Crippen molar-refractivity contribution < 1.29 is 31.1 Å². The van der Waals surface area contributed by atoms with E-state index in [1.165, 1.54) is 18.2 Å². The van der Waals surface area contributed by atoms with Gasteiger partial charge in [-0.3, -0.25) is 0 Å². The summed E-state index contributed by atoms with van der Waals surface area (Å²) in [6.45, 7) is -0.749. The molecule has 0 aromatic heterocycles. The quantitative estimate of drug-likeness (QED) is 0.757.